The van der Waals surface area contributed by atoms with Crippen LogP contribution in [0.15, 0.2) is 36.4 Å². The predicted octanol–water partition coefficient (Wildman–Crippen LogP) is 2.92. The maximum atomic E-state index is 11.6. The molecule has 1 aliphatic heterocycles. The molecule has 1 aromatic heterocycles. The highest BCUT2D eigenvalue weighted by Crippen LogP contribution is 2.27. The minimum absolute atomic E-state index is 0.0183. The largest absolute Gasteiger partial charge is 0.373 e. The fraction of sp³-hybridized carbons (Fsp3) is 0.500. The number of amides is 1. The summed E-state index contributed by atoms with van der Waals surface area (Å²) in [6.45, 7) is 5.24. The van der Waals surface area contributed by atoms with Crippen LogP contribution in [0, 0.1) is 0 Å². The molecule has 0 bridgehead atoms. The second-order valence-electron chi connectivity index (χ2n) is 7.59. The average Bonchev–Trinajstić information content (AvgIpc) is 2.73. The molecule has 150 valence electrons. The normalized spacial score (nSPS) is 17.3. The van der Waals surface area contributed by atoms with Gasteiger partial charge in [-0.2, -0.15) is 0 Å². The Morgan fingerprint density at radius 2 is 2.07 bits per heavy atom. The van der Waals surface area contributed by atoms with Crippen LogP contribution in [-0.2, 0) is 17.8 Å². The molecule has 2 heterocycles. The number of nitrogens with one attached hydrogen (secondary N) is 1. The van der Waals surface area contributed by atoms with E-state index in [-0.39, 0.29) is 5.91 Å². The Hall–Kier alpha value is -2.47. The van der Waals surface area contributed by atoms with Crippen molar-refractivity contribution in [1.29, 1.82) is 0 Å². The van der Waals surface area contributed by atoms with E-state index in [4.69, 9.17) is 4.98 Å². The molecular weight excluding hydrogens is 350 g/mol. The summed E-state index contributed by atoms with van der Waals surface area (Å²) < 4.78 is 0. The van der Waals surface area contributed by atoms with Crippen molar-refractivity contribution in [2.75, 3.05) is 39.0 Å². The third-order valence-corrected chi connectivity index (χ3v) is 5.45. The Labute approximate surface area is 168 Å². The zero-order valence-corrected chi connectivity index (χ0v) is 17.2. The highest BCUT2D eigenvalue weighted by atomic mass is 16.2. The van der Waals surface area contributed by atoms with E-state index in [0.29, 0.717) is 18.3 Å². The van der Waals surface area contributed by atoms with E-state index >= 15 is 0 Å². The molecule has 3 rings (SSSR count). The highest BCUT2D eigenvalue weighted by molar-refractivity contribution is 5.72. The summed E-state index contributed by atoms with van der Waals surface area (Å²) in [6, 6.07) is 12.7. The fourth-order valence-corrected chi connectivity index (χ4v) is 3.68. The highest BCUT2D eigenvalue weighted by Gasteiger charge is 2.23. The van der Waals surface area contributed by atoms with Gasteiger partial charge in [-0.3, -0.25) is 4.79 Å². The van der Waals surface area contributed by atoms with E-state index in [9.17, 15) is 4.79 Å². The zero-order chi connectivity index (χ0) is 19.9. The van der Waals surface area contributed by atoms with E-state index < -0.39 is 0 Å². The summed E-state index contributed by atoms with van der Waals surface area (Å²) >= 11 is 0. The van der Waals surface area contributed by atoms with E-state index in [2.05, 4.69) is 51.6 Å². The van der Waals surface area contributed by atoms with E-state index in [1.54, 1.807) is 18.9 Å². The lowest BCUT2D eigenvalue weighted by atomic mass is 9.94. The maximum Gasteiger partial charge on any atom is 0.219 e. The Balaban J connectivity index is 1.68. The zero-order valence-electron chi connectivity index (χ0n) is 17.2. The Kier molecular flexibility index (Phi) is 6.98. The summed E-state index contributed by atoms with van der Waals surface area (Å²) in [5, 5.41) is 3.14. The molecule has 6 nitrogen and oxygen atoms in total. The molecule has 1 atom stereocenters. The number of carbonyl (C=O) groups excluding carboxylic acids is 1. The van der Waals surface area contributed by atoms with Crippen LogP contribution < -0.4 is 5.32 Å². The quantitative estimate of drug-likeness (QED) is 0.799. The summed E-state index contributed by atoms with van der Waals surface area (Å²) in [5.41, 5.74) is 2.47. The van der Waals surface area contributed by atoms with Crippen molar-refractivity contribution in [3.05, 3.63) is 53.5 Å². The summed E-state index contributed by atoms with van der Waals surface area (Å²) in [7, 11) is 3.65. The second kappa shape index (κ2) is 9.64. The van der Waals surface area contributed by atoms with Crippen LogP contribution in [0.3, 0.4) is 0 Å². The first-order chi connectivity index (χ1) is 13.5. The molecule has 0 saturated carbocycles. The molecule has 1 amide bonds. The first-order valence-corrected chi connectivity index (χ1v) is 10.1. The number of nitrogens with zero attached hydrogens (tertiary/aromatic N) is 4. The van der Waals surface area contributed by atoms with Gasteiger partial charge < -0.3 is 15.1 Å². The van der Waals surface area contributed by atoms with Crippen molar-refractivity contribution in [3.63, 3.8) is 0 Å². The van der Waals surface area contributed by atoms with E-state index in [1.165, 1.54) is 12.0 Å². The monoisotopic (exact) mass is 381 g/mol. The lowest BCUT2D eigenvalue weighted by molar-refractivity contribution is -0.128. The summed E-state index contributed by atoms with van der Waals surface area (Å²) in [6.07, 6.45) is 3.40. The fourth-order valence-electron chi connectivity index (χ4n) is 3.68. The van der Waals surface area contributed by atoms with Gasteiger partial charge in [-0.15, -0.1) is 0 Å². The number of likely N-dealkylation sites (tertiary alicyclic amines) is 1. The van der Waals surface area contributed by atoms with E-state index in [1.807, 2.05) is 7.05 Å². The van der Waals surface area contributed by atoms with Gasteiger partial charge in [-0.1, -0.05) is 30.3 Å². The lowest BCUT2D eigenvalue weighted by Crippen LogP contribution is -2.36. The van der Waals surface area contributed by atoms with Crippen LogP contribution in [0.25, 0.3) is 0 Å². The molecule has 28 heavy (non-hydrogen) atoms. The van der Waals surface area contributed by atoms with Crippen LogP contribution in [0.4, 0.5) is 5.82 Å². The van der Waals surface area contributed by atoms with Gasteiger partial charge in [0.05, 0.1) is 12.2 Å². The second-order valence-corrected chi connectivity index (χ2v) is 7.59. The molecule has 6 heteroatoms. The van der Waals surface area contributed by atoms with Crippen LogP contribution in [0.1, 0.15) is 42.8 Å². The first-order valence-electron chi connectivity index (χ1n) is 10.1. The van der Waals surface area contributed by atoms with Crippen molar-refractivity contribution in [3.8, 4) is 0 Å². The molecule has 0 spiro atoms. The third kappa shape index (κ3) is 5.52. The topological polar surface area (TPSA) is 61.4 Å². The van der Waals surface area contributed by atoms with Crippen molar-refractivity contribution >= 4 is 11.7 Å². The first kappa shape index (κ1) is 20.3. The van der Waals surface area contributed by atoms with Gasteiger partial charge in [0.1, 0.15) is 11.6 Å². The number of hydrogen-bond acceptors (Lipinski definition) is 5. The molecule has 0 radical (unpaired) electrons. The molecule has 0 unspecified atom stereocenters. The van der Waals surface area contributed by atoms with Crippen molar-refractivity contribution in [2.45, 2.75) is 38.6 Å². The number of aromatic nitrogens is 2. The number of carbonyl (C=O) groups is 1. The van der Waals surface area contributed by atoms with Gasteiger partial charge in [0.15, 0.2) is 0 Å². The molecule has 1 aliphatic rings. The van der Waals surface area contributed by atoms with Gasteiger partial charge >= 0.3 is 0 Å². The molecule has 1 aromatic carbocycles. The number of piperidine rings is 1. The molecule has 1 fully saturated rings. The Morgan fingerprint density at radius 3 is 2.79 bits per heavy atom. The Bertz CT molecular complexity index is 780. The minimum Gasteiger partial charge on any atom is -0.373 e. The molecule has 1 N–H and O–H groups in total. The van der Waals surface area contributed by atoms with Crippen molar-refractivity contribution in [2.24, 2.45) is 0 Å². The molecule has 0 aliphatic carbocycles. The Morgan fingerprint density at radius 1 is 1.29 bits per heavy atom. The van der Waals surface area contributed by atoms with Gasteiger partial charge in [0.2, 0.25) is 5.91 Å². The predicted molar refractivity (Wildman–Crippen MR) is 112 cm³/mol. The third-order valence-electron chi connectivity index (χ3n) is 5.45. The lowest BCUT2D eigenvalue weighted by Gasteiger charge is -2.32. The van der Waals surface area contributed by atoms with Crippen LogP contribution in [0.5, 0.6) is 0 Å². The van der Waals surface area contributed by atoms with Crippen molar-refractivity contribution in [1.82, 2.24) is 19.8 Å². The number of anilines is 1. The van der Waals surface area contributed by atoms with Gasteiger partial charge in [-0.25, -0.2) is 9.97 Å². The maximum absolute atomic E-state index is 11.6. The molecular formula is C22H31N5O. The SMILES string of the molecule is CNc1cc([C@H]2CCCN(CCc3ccccc3)C2)nc(CN(C)C(C)=O)n1. The van der Waals surface area contributed by atoms with Gasteiger partial charge in [0.25, 0.3) is 0 Å². The molecule has 1 saturated heterocycles. The van der Waals surface area contributed by atoms with Crippen LogP contribution in [-0.4, -0.2) is 59.4 Å². The standard InChI is InChI=1S/C22H31N5O/c1-17(28)26(3)16-22-24-20(14-21(23-2)25-22)19-10-7-12-27(15-19)13-11-18-8-5-4-6-9-18/h4-6,8-9,14,19H,7,10-13,15-16H2,1-3H3,(H,23,24,25)/t19-/m0/s1. The van der Waals surface area contributed by atoms with Gasteiger partial charge in [0, 0.05) is 46.1 Å². The van der Waals surface area contributed by atoms with Crippen molar-refractivity contribution < 1.29 is 4.79 Å². The number of rotatable bonds is 7. The molecule has 2 aromatic rings. The van der Waals surface area contributed by atoms with Crippen LogP contribution >= 0.6 is 0 Å². The number of benzene rings is 1. The van der Waals surface area contributed by atoms with Crippen LogP contribution in [0.2, 0.25) is 0 Å². The minimum atomic E-state index is 0.0183. The smallest absolute Gasteiger partial charge is 0.219 e. The average molecular weight is 382 g/mol. The summed E-state index contributed by atoms with van der Waals surface area (Å²) in [4.78, 5) is 25.1. The van der Waals surface area contributed by atoms with Gasteiger partial charge in [-0.05, 0) is 31.4 Å². The van der Waals surface area contributed by atoms with E-state index in [0.717, 1.165) is 44.0 Å². The number of hydrogen-bond donors (Lipinski definition) is 1. The summed E-state index contributed by atoms with van der Waals surface area (Å²) in [5.74, 6) is 1.94.